The van der Waals surface area contributed by atoms with E-state index in [1.54, 1.807) is 31.2 Å². The Bertz CT molecular complexity index is 1400. The van der Waals surface area contributed by atoms with Gasteiger partial charge in [-0.2, -0.15) is 0 Å². The smallest absolute Gasteiger partial charge is 0.263 e. The summed E-state index contributed by atoms with van der Waals surface area (Å²) < 4.78 is 1.35. The first-order chi connectivity index (χ1) is 15.8. The molecule has 2 aromatic carbocycles. The average molecular weight is 460 g/mol. The van der Waals surface area contributed by atoms with Crippen LogP contribution >= 0.6 is 11.3 Å². The molecule has 6 nitrogen and oxygen atoms in total. The summed E-state index contributed by atoms with van der Waals surface area (Å²) in [6.07, 6.45) is 1.42. The lowest BCUT2D eigenvalue weighted by atomic mass is 9.99. The van der Waals surface area contributed by atoms with Crippen molar-refractivity contribution in [1.82, 2.24) is 9.55 Å². The first-order valence-corrected chi connectivity index (χ1v) is 11.6. The molecule has 33 heavy (non-hydrogen) atoms. The Morgan fingerprint density at radius 2 is 1.79 bits per heavy atom. The van der Waals surface area contributed by atoms with E-state index in [2.05, 4.69) is 36.3 Å². The lowest BCUT2D eigenvalue weighted by Gasteiger charge is -2.15. The van der Waals surface area contributed by atoms with Crippen LogP contribution in [0.2, 0.25) is 0 Å². The second-order valence-electron chi connectivity index (χ2n) is 8.37. The van der Waals surface area contributed by atoms with Crippen LogP contribution in [0.1, 0.15) is 55.6 Å². The maximum absolute atomic E-state index is 13.4. The molecule has 1 N–H and O–H groups in total. The fourth-order valence-electron chi connectivity index (χ4n) is 3.67. The lowest BCUT2D eigenvalue weighted by Crippen LogP contribution is -2.31. The molecule has 0 radical (unpaired) electrons. The number of benzene rings is 2. The van der Waals surface area contributed by atoms with Gasteiger partial charge in [-0.15, -0.1) is 11.3 Å². The van der Waals surface area contributed by atoms with E-state index in [9.17, 15) is 14.4 Å². The molecule has 1 unspecified atom stereocenters. The summed E-state index contributed by atoms with van der Waals surface area (Å²) in [5, 5.41) is 5.24. The van der Waals surface area contributed by atoms with Crippen molar-refractivity contribution in [2.24, 2.45) is 0 Å². The van der Waals surface area contributed by atoms with E-state index in [4.69, 9.17) is 0 Å². The van der Waals surface area contributed by atoms with E-state index < -0.39 is 6.04 Å². The molecule has 168 valence electrons. The Morgan fingerprint density at radius 1 is 1.06 bits per heavy atom. The summed E-state index contributed by atoms with van der Waals surface area (Å²) in [6, 6.07) is 14.1. The van der Waals surface area contributed by atoms with Gasteiger partial charge in [0.2, 0.25) is 5.91 Å². The summed E-state index contributed by atoms with van der Waals surface area (Å²) in [5.41, 5.74) is 3.74. The van der Waals surface area contributed by atoms with Gasteiger partial charge in [0.25, 0.3) is 5.56 Å². The van der Waals surface area contributed by atoms with Crippen molar-refractivity contribution >= 4 is 38.9 Å². The van der Waals surface area contributed by atoms with Gasteiger partial charge in [0.15, 0.2) is 5.78 Å². The highest BCUT2D eigenvalue weighted by atomic mass is 32.1. The van der Waals surface area contributed by atoms with Crippen LogP contribution in [0.4, 0.5) is 5.69 Å². The minimum Gasteiger partial charge on any atom is -0.324 e. The van der Waals surface area contributed by atoms with Gasteiger partial charge in [0.1, 0.15) is 10.9 Å². The predicted octanol–water partition coefficient (Wildman–Crippen LogP) is 5.65. The molecule has 0 fully saturated rings. The monoisotopic (exact) mass is 459 g/mol. The molecule has 0 spiro atoms. The van der Waals surface area contributed by atoms with Crippen molar-refractivity contribution in [3.8, 4) is 11.1 Å². The largest absolute Gasteiger partial charge is 0.324 e. The van der Waals surface area contributed by atoms with E-state index in [-0.39, 0.29) is 17.2 Å². The molecular weight excluding hydrogens is 434 g/mol. The first-order valence-electron chi connectivity index (χ1n) is 10.8. The van der Waals surface area contributed by atoms with Gasteiger partial charge in [0, 0.05) is 22.2 Å². The summed E-state index contributed by atoms with van der Waals surface area (Å²) >= 11 is 1.41. The maximum Gasteiger partial charge on any atom is 0.263 e. The zero-order chi connectivity index (χ0) is 23.7. The molecule has 7 heteroatoms. The number of Topliss-reactive ketones (excluding diaryl/α,β-unsaturated/α-hetero) is 1. The molecule has 2 heterocycles. The van der Waals surface area contributed by atoms with E-state index in [1.807, 2.05) is 17.5 Å². The van der Waals surface area contributed by atoms with Crippen LogP contribution < -0.4 is 10.9 Å². The molecule has 4 aromatic rings. The highest BCUT2D eigenvalue weighted by molar-refractivity contribution is 7.17. The third-order valence-corrected chi connectivity index (χ3v) is 6.63. The Labute approximate surface area is 195 Å². The zero-order valence-electron chi connectivity index (χ0n) is 19.0. The molecule has 0 bridgehead atoms. The number of thiophene rings is 1. The number of rotatable bonds is 6. The molecular formula is C26H25N3O3S. The standard InChI is InChI=1S/C26H25N3O3S/c1-15(2)18-8-10-19(11-9-18)22-13-33-25-23(22)26(32)29(14-27-25)16(3)24(31)28-21-7-5-6-20(12-21)17(4)30/h5-16H,1-4H3,(H,28,31). The molecule has 2 aromatic heterocycles. The number of carbonyl (C=O) groups excluding carboxylic acids is 2. The van der Waals surface area contributed by atoms with Gasteiger partial charge in [-0.25, -0.2) is 4.98 Å². The van der Waals surface area contributed by atoms with Crippen LogP contribution in [-0.4, -0.2) is 21.2 Å². The van der Waals surface area contributed by atoms with Crippen LogP contribution in [0.25, 0.3) is 21.3 Å². The number of fused-ring (bicyclic) bond motifs is 1. The second kappa shape index (κ2) is 9.11. The van der Waals surface area contributed by atoms with E-state index >= 15 is 0 Å². The molecule has 0 saturated heterocycles. The average Bonchev–Trinajstić information content (AvgIpc) is 3.24. The number of aromatic nitrogens is 2. The number of hydrogen-bond acceptors (Lipinski definition) is 5. The highest BCUT2D eigenvalue weighted by Gasteiger charge is 2.20. The number of hydrogen-bond donors (Lipinski definition) is 1. The molecule has 0 aliphatic rings. The normalized spacial score (nSPS) is 12.2. The highest BCUT2D eigenvalue weighted by Crippen LogP contribution is 2.31. The Kier molecular flexibility index (Phi) is 6.24. The summed E-state index contributed by atoms with van der Waals surface area (Å²) in [5.74, 6) is -0.0267. The molecule has 1 amide bonds. The summed E-state index contributed by atoms with van der Waals surface area (Å²) in [7, 11) is 0. The Morgan fingerprint density at radius 3 is 2.45 bits per heavy atom. The summed E-state index contributed by atoms with van der Waals surface area (Å²) in [4.78, 5) is 43.0. The van der Waals surface area contributed by atoms with Gasteiger partial charge in [-0.1, -0.05) is 50.2 Å². The number of carbonyl (C=O) groups is 2. The number of anilines is 1. The van der Waals surface area contributed by atoms with E-state index in [1.165, 1.54) is 34.7 Å². The fraction of sp³-hybridized carbons (Fsp3) is 0.231. The van der Waals surface area contributed by atoms with Crippen molar-refractivity contribution in [2.45, 2.75) is 39.7 Å². The molecule has 1 atom stereocenters. The number of nitrogens with one attached hydrogen (secondary N) is 1. The number of amides is 1. The molecule has 0 saturated carbocycles. The first kappa shape index (κ1) is 22.6. The Balaban J connectivity index is 1.67. The fourth-order valence-corrected chi connectivity index (χ4v) is 4.58. The van der Waals surface area contributed by atoms with E-state index in [0.29, 0.717) is 27.4 Å². The third kappa shape index (κ3) is 4.50. The van der Waals surface area contributed by atoms with Crippen molar-refractivity contribution in [1.29, 1.82) is 0 Å². The Hall–Kier alpha value is -3.58. The van der Waals surface area contributed by atoms with Crippen LogP contribution in [0.5, 0.6) is 0 Å². The minimum atomic E-state index is -0.786. The lowest BCUT2D eigenvalue weighted by molar-refractivity contribution is -0.118. The summed E-state index contributed by atoms with van der Waals surface area (Å²) in [6.45, 7) is 7.40. The van der Waals surface area contributed by atoms with Crippen molar-refractivity contribution in [3.63, 3.8) is 0 Å². The number of ketones is 1. The molecule has 0 aliphatic heterocycles. The van der Waals surface area contributed by atoms with Crippen LogP contribution in [0, 0.1) is 0 Å². The molecule has 0 aliphatic carbocycles. The van der Waals surface area contributed by atoms with Crippen LogP contribution in [0.3, 0.4) is 0 Å². The van der Waals surface area contributed by atoms with Crippen LogP contribution in [0.15, 0.2) is 65.0 Å². The third-order valence-electron chi connectivity index (χ3n) is 5.74. The predicted molar refractivity (Wildman–Crippen MR) is 133 cm³/mol. The van der Waals surface area contributed by atoms with Crippen LogP contribution in [-0.2, 0) is 4.79 Å². The van der Waals surface area contributed by atoms with Crippen molar-refractivity contribution in [2.75, 3.05) is 5.32 Å². The zero-order valence-corrected chi connectivity index (χ0v) is 19.8. The minimum absolute atomic E-state index is 0.0866. The van der Waals surface area contributed by atoms with Gasteiger partial charge in [-0.05, 0) is 43.0 Å². The van der Waals surface area contributed by atoms with Gasteiger partial charge in [-0.3, -0.25) is 19.0 Å². The van der Waals surface area contributed by atoms with Crippen molar-refractivity contribution < 1.29 is 9.59 Å². The second-order valence-corrected chi connectivity index (χ2v) is 9.22. The quantitative estimate of drug-likeness (QED) is 0.378. The van der Waals surface area contributed by atoms with Gasteiger partial charge >= 0.3 is 0 Å². The van der Waals surface area contributed by atoms with Gasteiger partial charge in [0.05, 0.1) is 11.7 Å². The van der Waals surface area contributed by atoms with Gasteiger partial charge < -0.3 is 5.32 Å². The topological polar surface area (TPSA) is 81.1 Å². The number of nitrogens with zero attached hydrogens (tertiary/aromatic N) is 2. The SMILES string of the molecule is CC(=O)c1cccc(NC(=O)C(C)n2cnc3scc(-c4ccc(C(C)C)cc4)c3c2=O)c1. The maximum atomic E-state index is 13.4. The molecule has 4 rings (SSSR count). The van der Waals surface area contributed by atoms with E-state index in [0.717, 1.165) is 11.1 Å². The van der Waals surface area contributed by atoms with Crippen molar-refractivity contribution in [3.05, 3.63) is 81.7 Å².